The van der Waals surface area contributed by atoms with Gasteiger partial charge in [-0.2, -0.15) is 0 Å². The Morgan fingerprint density at radius 3 is 2.62 bits per heavy atom. The maximum Gasteiger partial charge on any atom is 0.258 e. The fourth-order valence-corrected chi connectivity index (χ4v) is 3.12. The van der Waals surface area contributed by atoms with Gasteiger partial charge >= 0.3 is 0 Å². The number of carbonyl (C=O) groups excluding carboxylic acids is 1. The molecule has 0 fully saturated rings. The molecule has 4 aromatic rings. The summed E-state index contributed by atoms with van der Waals surface area (Å²) in [5.74, 6) is 0.649. The lowest BCUT2D eigenvalue weighted by molar-refractivity contribution is -0.123. The summed E-state index contributed by atoms with van der Waals surface area (Å²) in [7, 11) is 0. The highest BCUT2D eigenvalue weighted by molar-refractivity contribution is 5.85. The topological polar surface area (TPSA) is 94.8 Å². The van der Waals surface area contributed by atoms with E-state index in [4.69, 9.17) is 18.0 Å². The van der Waals surface area contributed by atoms with Crippen LogP contribution in [0.4, 0.5) is 0 Å². The first-order valence-corrected chi connectivity index (χ1v) is 9.06. The molecule has 0 saturated heterocycles. The number of rotatable bonds is 6. The minimum Gasteiger partial charge on any atom is -0.476 e. The number of nitrogens with one attached hydrogen (secondary N) is 1. The van der Waals surface area contributed by atoms with Crippen molar-refractivity contribution in [2.75, 3.05) is 6.61 Å². The molecular formula is C22H19NO6. The van der Waals surface area contributed by atoms with E-state index in [1.165, 1.54) is 12.5 Å². The van der Waals surface area contributed by atoms with Crippen molar-refractivity contribution in [3.63, 3.8) is 0 Å². The number of hydrogen-bond donors (Lipinski definition) is 1. The van der Waals surface area contributed by atoms with Crippen LogP contribution in [0.25, 0.3) is 22.5 Å². The van der Waals surface area contributed by atoms with Crippen LogP contribution in [0.5, 0.6) is 5.75 Å². The van der Waals surface area contributed by atoms with E-state index in [1.807, 2.05) is 19.9 Å². The van der Waals surface area contributed by atoms with Crippen LogP contribution in [0.2, 0.25) is 0 Å². The van der Waals surface area contributed by atoms with Gasteiger partial charge in [0.15, 0.2) is 12.4 Å². The fraction of sp³-hybridized carbons (Fsp3) is 0.182. The quantitative estimate of drug-likeness (QED) is 0.533. The normalized spacial score (nSPS) is 11.0. The summed E-state index contributed by atoms with van der Waals surface area (Å²) in [5.41, 5.74) is 1.85. The van der Waals surface area contributed by atoms with Crippen molar-refractivity contribution in [1.82, 2.24) is 5.32 Å². The molecule has 3 aromatic heterocycles. The van der Waals surface area contributed by atoms with E-state index >= 15 is 0 Å². The van der Waals surface area contributed by atoms with E-state index in [9.17, 15) is 9.59 Å². The van der Waals surface area contributed by atoms with E-state index in [0.29, 0.717) is 22.5 Å². The maximum absolute atomic E-state index is 13.1. The minimum absolute atomic E-state index is 0.0643. The van der Waals surface area contributed by atoms with Crippen molar-refractivity contribution in [2.45, 2.75) is 20.4 Å². The standard InChI is InChI=1S/C22H19NO6/c1-13-9-14(2)20-16(10-13)19(25)22(21(29-20)17-6-4-8-27-17)28-12-18(24)23-11-15-5-3-7-26-15/h3-10H,11-12H2,1-2H3,(H,23,24). The van der Waals surface area contributed by atoms with Crippen LogP contribution >= 0.6 is 0 Å². The van der Waals surface area contributed by atoms with Gasteiger partial charge in [0.2, 0.25) is 16.9 Å². The number of aryl methyl sites for hydroxylation is 2. The summed E-state index contributed by atoms with van der Waals surface area (Å²) in [6.07, 6.45) is 3.00. The second-order valence-corrected chi connectivity index (χ2v) is 6.67. The van der Waals surface area contributed by atoms with Gasteiger partial charge in [-0.1, -0.05) is 6.07 Å². The average molecular weight is 393 g/mol. The third-order valence-electron chi connectivity index (χ3n) is 4.41. The zero-order chi connectivity index (χ0) is 20.4. The number of carbonyl (C=O) groups is 1. The molecule has 0 radical (unpaired) electrons. The molecule has 0 saturated carbocycles. The lowest BCUT2D eigenvalue weighted by atomic mass is 10.1. The third kappa shape index (κ3) is 3.80. The Hall–Kier alpha value is -3.74. The summed E-state index contributed by atoms with van der Waals surface area (Å²) >= 11 is 0. The molecule has 0 unspecified atom stereocenters. The van der Waals surface area contributed by atoms with Gasteiger partial charge in [0.25, 0.3) is 5.91 Å². The highest BCUT2D eigenvalue weighted by atomic mass is 16.5. The Labute approximate surface area is 165 Å². The Morgan fingerprint density at radius 1 is 1.10 bits per heavy atom. The van der Waals surface area contributed by atoms with E-state index in [1.54, 1.807) is 30.3 Å². The molecule has 1 amide bonds. The second kappa shape index (κ2) is 7.71. The molecule has 0 aliphatic heterocycles. The molecule has 4 rings (SSSR count). The van der Waals surface area contributed by atoms with Gasteiger partial charge in [0.1, 0.15) is 11.3 Å². The fourth-order valence-electron chi connectivity index (χ4n) is 3.12. The van der Waals surface area contributed by atoms with Crippen molar-refractivity contribution in [3.8, 4) is 17.3 Å². The summed E-state index contributed by atoms with van der Waals surface area (Å²) in [5, 5.41) is 3.06. The van der Waals surface area contributed by atoms with Gasteiger partial charge in [-0.15, -0.1) is 0 Å². The van der Waals surface area contributed by atoms with Gasteiger partial charge in [0, 0.05) is 0 Å². The van der Waals surface area contributed by atoms with Crippen molar-refractivity contribution in [1.29, 1.82) is 0 Å². The SMILES string of the molecule is Cc1cc(C)c2oc(-c3ccco3)c(OCC(=O)NCc3ccco3)c(=O)c2c1. The van der Waals surface area contributed by atoms with E-state index < -0.39 is 5.91 Å². The minimum atomic E-state index is -0.397. The number of benzene rings is 1. The summed E-state index contributed by atoms with van der Waals surface area (Å²) in [6.45, 7) is 3.64. The first kappa shape index (κ1) is 18.6. The van der Waals surface area contributed by atoms with Gasteiger partial charge in [-0.25, -0.2) is 0 Å². The number of hydrogen-bond acceptors (Lipinski definition) is 6. The third-order valence-corrected chi connectivity index (χ3v) is 4.41. The summed E-state index contributed by atoms with van der Waals surface area (Å²) < 4.78 is 22.2. The zero-order valence-corrected chi connectivity index (χ0v) is 16.0. The van der Waals surface area contributed by atoms with Crippen molar-refractivity contribution in [2.24, 2.45) is 0 Å². The molecule has 148 valence electrons. The van der Waals surface area contributed by atoms with E-state index in [-0.39, 0.29) is 30.1 Å². The molecule has 29 heavy (non-hydrogen) atoms. The molecule has 1 aromatic carbocycles. The highest BCUT2D eigenvalue weighted by Crippen LogP contribution is 2.32. The lowest BCUT2D eigenvalue weighted by Crippen LogP contribution is -2.29. The molecule has 3 heterocycles. The first-order valence-electron chi connectivity index (χ1n) is 9.06. The smallest absolute Gasteiger partial charge is 0.258 e. The molecule has 0 atom stereocenters. The molecule has 7 heteroatoms. The molecule has 0 bridgehead atoms. The molecule has 0 aliphatic rings. The number of amides is 1. The van der Waals surface area contributed by atoms with Crippen LogP contribution in [0.15, 0.2) is 67.0 Å². The van der Waals surface area contributed by atoms with Crippen molar-refractivity contribution < 1.29 is 22.8 Å². The van der Waals surface area contributed by atoms with Crippen LogP contribution in [0.1, 0.15) is 16.9 Å². The maximum atomic E-state index is 13.1. The van der Waals surface area contributed by atoms with Gasteiger partial charge in [0.05, 0.1) is 24.5 Å². The summed E-state index contributed by atoms with van der Waals surface area (Å²) in [4.78, 5) is 25.3. The van der Waals surface area contributed by atoms with E-state index in [0.717, 1.165) is 11.1 Å². The van der Waals surface area contributed by atoms with Gasteiger partial charge in [-0.05, 0) is 55.3 Å². The average Bonchev–Trinajstić information content (AvgIpc) is 3.40. The Morgan fingerprint density at radius 2 is 1.90 bits per heavy atom. The molecule has 7 nitrogen and oxygen atoms in total. The lowest BCUT2D eigenvalue weighted by Gasteiger charge is -2.11. The monoisotopic (exact) mass is 393 g/mol. The van der Waals surface area contributed by atoms with Crippen LogP contribution in [-0.4, -0.2) is 12.5 Å². The largest absolute Gasteiger partial charge is 0.476 e. The highest BCUT2D eigenvalue weighted by Gasteiger charge is 2.21. The van der Waals surface area contributed by atoms with Gasteiger partial charge < -0.3 is 23.3 Å². The predicted molar refractivity (Wildman–Crippen MR) is 106 cm³/mol. The summed E-state index contributed by atoms with van der Waals surface area (Å²) in [6, 6.07) is 10.5. The predicted octanol–water partition coefficient (Wildman–Crippen LogP) is 3.96. The Kier molecular flexibility index (Phi) is 4.95. The Bertz CT molecular complexity index is 1200. The number of fused-ring (bicyclic) bond motifs is 1. The zero-order valence-electron chi connectivity index (χ0n) is 16.0. The van der Waals surface area contributed by atoms with Crippen LogP contribution in [0.3, 0.4) is 0 Å². The molecule has 0 aliphatic carbocycles. The first-order chi connectivity index (χ1) is 14.0. The van der Waals surface area contributed by atoms with E-state index in [2.05, 4.69) is 5.32 Å². The molecule has 1 N–H and O–H groups in total. The van der Waals surface area contributed by atoms with Crippen molar-refractivity contribution >= 4 is 16.9 Å². The molecule has 0 spiro atoms. The number of ether oxygens (including phenoxy) is 1. The van der Waals surface area contributed by atoms with Crippen LogP contribution < -0.4 is 15.5 Å². The number of furan rings is 2. The van der Waals surface area contributed by atoms with Crippen LogP contribution in [-0.2, 0) is 11.3 Å². The molecular weight excluding hydrogens is 374 g/mol. The van der Waals surface area contributed by atoms with Crippen LogP contribution in [0, 0.1) is 13.8 Å². The van der Waals surface area contributed by atoms with Crippen molar-refractivity contribution in [3.05, 3.63) is 76.0 Å². The van der Waals surface area contributed by atoms with Gasteiger partial charge in [-0.3, -0.25) is 9.59 Å². The Balaban J connectivity index is 1.66. The second-order valence-electron chi connectivity index (χ2n) is 6.67.